The summed E-state index contributed by atoms with van der Waals surface area (Å²) in [6.07, 6.45) is 1.26. The van der Waals surface area contributed by atoms with Gasteiger partial charge >= 0.3 is 0 Å². The van der Waals surface area contributed by atoms with Crippen LogP contribution in [0.4, 0.5) is 5.95 Å². The van der Waals surface area contributed by atoms with Gasteiger partial charge < -0.3 is 0 Å². The average molecular weight is 309 g/mol. The molecule has 0 aliphatic rings. The zero-order valence-electron chi connectivity index (χ0n) is 11.8. The van der Waals surface area contributed by atoms with E-state index in [1.807, 2.05) is 0 Å². The SMILES string of the molecule is CNS(=O)(=O)c1cc(C(=O)Nc2ncn[nH]2)cc(C)c1C. The Morgan fingerprint density at radius 2 is 2.00 bits per heavy atom. The molecule has 112 valence electrons. The minimum Gasteiger partial charge on any atom is -0.291 e. The lowest BCUT2D eigenvalue weighted by molar-refractivity contribution is 0.102. The number of hydrogen-bond donors (Lipinski definition) is 3. The molecule has 2 rings (SSSR count). The van der Waals surface area contributed by atoms with Crippen LogP contribution in [-0.4, -0.2) is 36.6 Å². The Morgan fingerprint density at radius 1 is 1.29 bits per heavy atom. The van der Waals surface area contributed by atoms with E-state index in [9.17, 15) is 13.2 Å². The molecule has 0 bridgehead atoms. The highest BCUT2D eigenvalue weighted by molar-refractivity contribution is 7.89. The van der Waals surface area contributed by atoms with Crippen LogP contribution in [0.3, 0.4) is 0 Å². The van der Waals surface area contributed by atoms with Gasteiger partial charge in [0.15, 0.2) is 0 Å². The van der Waals surface area contributed by atoms with Gasteiger partial charge in [0.2, 0.25) is 16.0 Å². The van der Waals surface area contributed by atoms with Gasteiger partial charge in [-0.05, 0) is 44.2 Å². The number of H-pyrrole nitrogens is 1. The second-order valence-electron chi connectivity index (χ2n) is 4.41. The molecule has 0 spiro atoms. The number of rotatable bonds is 4. The lowest BCUT2D eigenvalue weighted by atomic mass is 10.1. The summed E-state index contributed by atoms with van der Waals surface area (Å²) in [5.74, 6) is -0.279. The van der Waals surface area contributed by atoms with Crippen molar-refractivity contribution in [3.63, 3.8) is 0 Å². The number of carbonyl (C=O) groups is 1. The van der Waals surface area contributed by atoms with E-state index in [-0.39, 0.29) is 16.4 Å². The van der Waals surface area contributed by atoms with Crippen molar-refractivity contribution >= 4 is 21.9 Å². The number of hydrogen-bond acceptors (Lipinski definition) is 5. The second-order valence-corrected chi connectivity index (χ2v) is 6.27. The highest BCUT2D eigenvalue weighted by Crippen LogP contribution is 2.21. The van der Waals surface area contributed by atoms with Crippen LogP contribution in [-0.2, 0) is 10.0 Å². The summed E-state index contributed by atoms with van der Waals surface area (Å²) in [5.41, 5.74) is 1.53. The zero-order valence-corrected chi connectivity index (χ0v) is 12.6. The van der Waals surface area contributed by atoms with Crippen molar-refractivity contribution in [2.75, 3.05) is 12.4 Å². The standard InChI is InChI=1S/C12H15N5O3S/c1-7-4-9(11(18)16-12-14-6-15-17-12)5-10(8(7)2)21(19,20)13-3/h4-6,13H,1-3H3,(H2,14,15,16,17,18). The van der Waals surface area contributed by atoms with Crippen molar-refractivity contribution in [3.8, 4) is 0 Å². The summed E-state index contributed by atoms with van der Waals surface area (Å²) < 4.78 is 26.2. The van der Waals surface area contributed by atoms with Crippen molar-refractivity contribution in [2.24, 2.45) is 0 Å². The molecule has 9 heteroatoms. The molecule has 0 unspecified atom stereocenters. The van der Waals surface area contributed by atoms with E-state index in [2.05, 4.69) is 25.2 Å². The molecule has 0 fully saturated rings. The van der Waals surface area contributed by atoms with Gasteiger partial charge in [0.05, 0.1) is 4.90 Å². The fourth-order valence-electron chi connectivity index (χ4n) is 1.79. The van der Waals surface area contributed by atoms with Crippen molar-refractivity contribution < 1.29 is 13.2 Å². The smallest absolute Gasteiger partial charge is 0.258 e. The van der Waals surface area contributed by atoms with Crippen molar-refractivity contribution in [2.45, 2.75) is 18.7 Å². The Balaban J connectivity index is 2.44. The maximum absolute atomic E-state index is 12.1. The lowest BCUT2D eigenvalue weighted by Gasteiger charge is -2.11. The van der Waals surface area contributed by atoms with Gasteiger partial charge in [-0.25, -0.2) is 18.2 Å². The van der Waals surface area contributed by atoms with Crippen molar-refractivity contribution in [1.82, 2.24) is 19.9 Å². The summed E-state index contributed by atoms with van der Waals surface area (Å²) in [6, 6.07) is 2.95. The van der Waals surface area contributed by atoms with Gasteiger partial charge in [-0.15, -0.1) is 0 Å². The predicted molar refractivity (Wildman–Crippen MR) is 76.5 cm³/mol. The Bertz CT molecular complexity index is 768. The number of anilines is 1. The van der Waals surface area contributed by atoms with E-state index in [1.165, 1.54) is 19.4 Å². The second kappa shape index (κ2) is 5.62. The molecule has 3 N–H and O–H groups in total. The number of carbonyl (C=O) groups excluding carboxylic acids is 1. The Hall–Kier alpha value is -2.26. The fourth-order valence-corrected chi connectivity index (χ4v) is 2.86. The van der Waals surface area contributed by atoms with Crippen LogP contribution in [0.1, 0.15) is 21.5 Å². The molecule has 2 aromatic rings. The first-order chi connectivity index (χ1) is 9.85. The van der Waals surface area contributed by atoms with Gasteiger partial charge in [-0.2, -0.15) is 10.1 Å². The fraction of sp³-hybridized carbons (Fsp3) is 0.250. The number of aromatic amines is 1. The number of sulfonamides is 1. The van der Waals surface area contributed by atoms with Crippen LogP contribution in [0, 0.1) is 13.8 Å². The topological polar surface area (TPSA) is 117 Å². The molecule has 21 heavy (non-hydrogen) atoms. The minimum atomic E-state index is -3.64. The molecular weight excluding hydrogens is 294 g/mol. The van der Waals surface area contributed by atoms with E-state index >= 15 is 0 Å². The van der Waals surface area contributed by atoms with Crippen LogP contribution in [0.15, 0.2) is 23.4 Å². The first kappa shape index (κ1) is 15.1. The molecule has 0 saturated heterocycles. The third-order valence-electron chi connectivity index (χ3n) is 3.09. The van der Waals surface area contributed by atoms with E-state index in [0.717, 1.165) is 0 Å². The highest BCUT2D eigenvalue weighted by atomic mass is 32.2. The molecule has 1 aromatic carbocycles. The molecule has 0 aliphatic carbocycles. The highest BCUT2D eigenvalue weighted by Gasteiger charge is 2.19. The van der Waals surface area contributed by atoms with Gasteiger partial charge in [-0.1, -0.05) is 0 Å². The number of nitrogens with one attached hydrogen (secondary N) is 3. The van der Waals surface area contributed by atoms with Gasteiger partial charge in [-0.3, -0.25) is 10.1 Å². The third-order valence-corrected chi connectivity index (χ3v) is 4.63. The molecule has 8 nitrogen and oxygen atoms in total. The number of nitrogens with zero attached hydrogens (tertiary/aromatic N) is 2. The molecule has 0 radical (unpaired) electrons. The Labute approximate surface area is 122 Å². The van der Waals surface area contributed by atoms with Crippen LogP contribution in [0.5, 0.6) is 0 Å². The van der Waals surface area contributed by atoms with E-state index in [4.69, 9.17) is 0 Å². The molecule has 1 heterocycles. The van der Waals surface area contributed by atoms with Gasteiger partial charge in [0, 0.05) is 5.56 Å². The summed E-state index contributed by atoms with van der Waals surface area (Å²) in [5, 5.41) is 8.61. The average Bonchev–Trinajstić information content (AvgIpc) is 2.94. The predicted octanol–water partition coefficient (Wildman–Crippen LogP) is 0.582. The number of amides is 1. The molecule has 0 aliphatic heterocycles. The number of aromatic nitrogens is 3. The van der Waals surface area contributed by atoms with E-state index in [1.54, 1.807) is 19.9 Å². The van der Waals surface area contributed by atoms with Crippen molar-refractivity contribution in [3.05, 3.63) is 35.2 Å². The van der Waals surface area contributed by atoms with Gasteiger partial charge in [0.25, 0.3) is 5.91 Å². The minimum absolute atomic E-state index is 0.0766. The van der Waals surface area contributed by atoms with Gasteiger partial charge in [0.1, 0.15) is 6.33 Å². The van der Waals surface area contributed by atoms with E-state index < -0.39 is 15.9 Å². The third kappa shape index (κ3) is 3.09. The monoisotopic (exact) mass is 309 g/mol. The maximum Gasteiger partial charge on any atom is 0.258 e. The normalized spacial score (nSPS) is 11.4. The lowest BCUT2D eigenvalue weighted by Crippen LogP contribution is -2.21. The summed E-state index contributed by atoms with van der Waals surface area (Å²) in [6.45, 7) is 3.44. The van der Waals surface area contributed by atoms with Crippen LogP contribution in [0.2, 0.25) is 0 Å². The largest absolute Gasteiger partial charge is 0.291 e. The first-order valence-corrected chi connectivity index (χ1v) is 7.55. The number of benzene rings is 1. The summed E-state index contributed by atoms with van der Waals surface area (Å²) in [7, 11) is -2.31. The Kier molecular flexibility index (Phi) is 4.05. The maximum atomic E-state index is 12.1. The molecule has 1 amide bonds. The summed E-state index contributed by atoms with van der Waals surface area (Å²) >= 11 is 0. The quantitative estimate of drug-likeness (QED) is 0.764. The van der Waals surface area contributed by atoms with Crippen LogP contribution >= 0.6 is 0 Å². The molecular formula is C12H15N5O3S. The Morgan fingerprint density at radius 3 is 2.57 bits per heavy atom. The van der Waals surface area contributed by atoms with Crippen LogP contribution in [0.25, 0.3) is 0 Å². The van der Waals surface area contributed by atoms with Crippen molar-refractivity contribution in [1.29, 1.82) is 0 Å². The van der Waals surface area contributed by atoms with Crippen LogP contribution < -0.4 is 10.0 Å². The number of aryl methyl sites for hydroxylation is 1. The van der Waals surface area contributed by atoms with E-state index in [0.29, 0.717) is 11.1 Å². The first-order valence-electron chi connectivity index (χ1n) is 6.06. The zero-order chi connectivity index (χ0) is 15.6. The molecule has 1 aromatic heterocycles. The molecule has 0 atom stereocenters. The summed E-state index contributed by atoms with van der Waals surface area (Å²) in [4.78, 5) is 16.0. The molecule has 0 saturated carbocycles.